The van der Waals surface area contributed by atoms with Gasteiger partial charge in [0.15, 0.2) is 11.0 Å². The van der Waals surface area contributed by atoms with Crippen molar-refractivity contribution < 1.29 is 9.18 Å². The van der Waals surface area contributed by atoms with Crippen LogP contribution >= 0.6 is 11.8 Å². The molecule has 5 rings (SSSR count). The molecule has 1 aliphatic rings. The molecule has 2 heterocycles. The van der Waals surface area contributed by atoms with Gasteiger partial charge in [0.2, 0.25) is 5.91 Å². The fourth-order valence-corrected chi connectivity index (χ4v) is 4.16. The lowest BCUT2D eigenvalue weighted by Crippen LogP contribution is -2.15. The molecule has 8 heteroatoms. The molecule has 4 aromatic rings. The van der Waals surface area contributed by atoms with Crippen molar-refractivity contribution in [3.8, 4) is 11.4 Å². The number of hydrogen-bond acceptors (Lipinski definition) is 4. The Bertz CT molecular complexity index is 1200. The van der Waals surface area contributed by atoms with E-state index in [0.29, 0.717) is 11.2 Å². The number of carbonyl (C=O) groups excluding carboxylic acids is 1. The predicted molar refractivity (Wildman–Crippen MR) is 111 cm³/mol. The number of nitrogens with one attached hydrogen (secondary N) is 2. The van der Waals surface area contributed by atoms with Crippen LogP contribution in [-0.2, 0) is 4.79 Å². The molecule has 6 nitrogen and oxygen atoms in total. The standard InChI is InChI=1S/C21H18FN5OS/c22-16-6-2-4-8-18(16)24-19(28)12-29-21-26-25-20(27(21)13-9-10-13)15-11-23-17-7-3-1-5-14(15)17/h1-8,11,13,23H,9-10,12H2,(H,24,28). The van der Waals surface area contributed by atoms with Gasteiger partial charge in [0.25, 0.3) is 0 Å². The van der Waals surface area contributed by atoms with Crippen molar-refractivity contribution >= 4 is 34.3 Å². The monoisotopic (exact) mass is 407 g/mol. The highest BCUT2D eigenvalue weighted by Gasteiger charge is 2.31. The number of benzene rings is 2. The van der Waals surface area contributed by atoms with E-state index in [1.54, 1.807) is 18.2 Å². The number of anilines is 1. The number of fused-ring (bicyclic) bond motifs is 1. The Kier molecular flexibility index (Phi) is 4.55. The molecule has 29 heavy (non-hydrogen) atoms. The summed E-state index contributed by atoms with van der Waals surface area (Å²) in [6.07, 6.45) is 4.09. The zero-order valence-electron chi connectivity index (χ0n) is 15.4. The number of aromatic nitrogens is 4. The van der Waals surface area contributed by atoms with Crippen LogP contribution in [0.1, 0.15) is 18.9 Å². The van der Waals surface area contributed by atoms with Crippen molar-refractivity contribution in [2.75, 3.05) is 11.1 Å². The molecule has 0 aliphatic heterocycles. The molecule has 0 radical (unpaired) electrons. The number of aromatic amines is 1. The number of hydrogen-bond donors (Lipinski definition) is 2. The summed E-state index contributed by atoms with van der Waals surface area (Å²) >= 11 is 1.32. The first-order valence-electron chi connectivity index (χ1n) is 9.39. The average molecular weight is 407 g/mol. The molecular formula is C21H18FN5OS. The van der Waals surface area contributed by atoms with Crippen molar-refractivity contribution in [3.63, 3.8) is 0 Å². The first-order valence-corrected chi connectivity index (χ1v) is 10.4. The minimum Gasteiger partial charge on any atom is -0.360 e. The van der Waals surface area contributed by atoms with Gasteiger partial charge in [0, 0.05) is 28.7 Å². The fourth-order valence-electron chi connectivity index (χ4n) is 3.36. The van der Waals surface area contributed by atoms with Gasteiger partial charge in [-0.1, -0.05) is 42.1 Å². The molecule has 0 unspecified atom stereocenters. The van der Waals surface area contributed by atoms with Crippen molar-refractivity contribution in [2.24, 2.45) is 0 Å². The number of rotatable bonds is 6. The van der Waals surface area contributed by atoms with Crippen molar-refractivity contribution in [3.05, 3.63) is 60.5 Å². The highest BCUT2D eigenvalue weighted by Crippen LogP contribution is 2.42. The highest BCUT2D eigenvalue weighted by molar-refractivity contribution is 7.99. The quantitative estimate of drug-likeness (QED) is 0.457. The molecule has 146 valence electrons. The summed E-state index contributed by atoms with van der Waals surface area (Å²) in [5, 5.41) is 13.2. The molecule has 0 atom stereocenters. The largest absolute Gasteiger partial charge is 0.360 e. The third-order valence-electron chi connectivity index (χ3n) is 4.89. The third kappa shape index (κ3) is 3.51. The van der Waals surface area contributed by atoms with E-state index < -0.39 is 5.82 Å². The van der Waals surface area contributed by atoms with Gasteiger partial charge in [-0.2, -0.15) is 0 Å². The predicted octanol–water partition coefficient (Wildman–Crippen LogP) is 4.63. The number of amides is 1. The Morgan fingerprint density at radius 2 is 1.97 bits per heavy atom. The van der Waals surface area contributed by atoms with Gasteiger partial charge in [-0.25, -0.2) is 4.39 Å². The third-order valence-corrected chi connectivity index (χ3v) is 5.83. The van der Waals surface area contributed by atoms with Gasteiger partial charge in [-0.3, -0.25) is 9.36 Å². The van der Waals surface area contributed by atoms with Gasteiger partial charge < -0.3 is 10.3 Å². The number of nitrogens with zero attached hydrogens (tertiary/aromatic N) is 3. The van der Waals surface area contributed by atoms with Gasteiger partial charge >= 0.3 is 0 Å². The van der Waals surface area contributed by atoms with Crippen LogP contribution in [0.5, 0.6) is 0 Å². The van der Waals surface area contributed by atoms with E-state index >= 15 is 0 Å². The number of H-pyrrole nitrogens is 1. The maximum atomic E-state index is 13.7. The lowest BCUT2D eigenvalue weighted by atomic mass is 10.1. The van der Waals surface area contributed by atoms with E-state index in [-0.39, 0.29) is 17.3 Å². The van der Waals surface area contributed by atoms with Crippen LogP contribution in [0.2, 0.25) is 0 Å². The zero-order valence-corrected chi connectivity index (χ0v) is 16.2. The first-order chi connectivity index (χ1) is 14.2. The van der Waals surface area contributed by atoms with Crippen molar-refractivity contribution in [1.29, 1.82) is 0 Å². The molecule has 2 aromatic heterocycles. The van der Waals surface area contributed by atoms with Gasteiger partial charge in [-0.15, -0.1) is 10.2 Å². The molecule has 1 aliphatic carbocycles. The van der Waals surface area contributed by atoms with Crippen LogP contribution in [0.3, 0.4) is 0 Å². The number of halogens is 1. The van der Waals surface area contributed by atoms with Crippen LogP contribution in [0, 0.1) is 5.82 Å². The summed E-state index contributed by atoms with van der Waals surface area (Å²) in [5.74, 6) is 0.210. The van der Waals surface area contributed by atoms with Crippen LogP contribution in [-0.4, -0.2) is 31.4 Å². The summed E-state index contributed by atoms with van der Waals surface area (Å²) in [7, 11) is 0. The first kappa shape index (κ1) is 17.9. The number of para-hydroxylation sites is 2. The minimum absolute atomic E-state index is 0.132. The maximum Gasteiger partial charge on any atom is 0.234 e. The Morgan fingerprint density at radius 1 is 1.17 bits per heavy atom. The molecule has 1 saturated carbocycles. The number of carbonyl (C=O) groups is 1. The van der Waals surface area contributed by atoms with Crippen LogP contribution in [0.25, 0.3) is 22.3 Å². The fraction of sp³-hybridized carbons (Fsp3) is 0.190. The topological polar surface area (TPSA) is 75.6 Å². The Morgan fingerprint density at radius 3 is 2.79 bits per heavy atom. The summed E-state index contributed by atoms with van der Waals surface area (Å²) < 4.78 is 15.9. The second-order valence-corrected chi connectivity index (χ2v) is 7.91. The second kappa shape index (κ2) is 7.36. The molecular weight excluding hydrogens is 389 g/mol. The molecule has 1 amide bonds. The van der Waals surface area contributed by atoms with Crippen molar-refractivity contribution in [1.82, 2.24) is 19.7 Å². The maximum absolute atomic E-state index is 13.7. The van der Waals surface area contributed by atoms with E-state index in [1.807, 2.05) is 24.4 Å². The Balaban J connectivity index is 1.38. The highest BCUT2D eigenvalue weighted by atomic mass is 32.2. The Hall–Kier alpha value is -3.13. The molecule has 0 spiro atoms. The van der Waals surface area contributed by atoms with E-state index in [2.05, 4.69) is 31.1 Å². The van der Waals surface area contributed by atoms with Crippen LogP contribution in [0.4, 0.5) is 10.1 Å². The lowest BCUT2D eigenvalue weighted by molar-refractivity contribution is -0.113. The molecule has 1 fully saturated rings. The second-order valence-electron chi connectivity index (χ2n) is 6.97. The van der Waals surface area contributed by atoms with E-state index in [1.165, 1.54) is 17.8 Å². The number of thioether (sulfide) groups is 1. The molecule has 2 N–H and O–H groups in total. The smallest absolute Gasteiger partial charge is 0.234 e. The minimum atomic E-state index is -0.450. The summed E-state index contributed by atoms with van der Waals surface area (Å²) in [6.45, 7) is 0. The Labute approximate surface area is 170 Å². The van der Waals surface area contributed by atoms with Gasteiger partial charge in [0.1, 0.15) is 5.82 Å². The molecule has 0 bridgehead atoms. The lowest BCUT2D eigenvalue weighted by Gasteiger charge is -2.09. The summed E-state index contributed by atoms with van der Waals surface area (Å²) in [4.78, 5) is 15.6. The van der Waals surface area contributed by atoms with Crippen molar-refractivity contribution in [2.45, 2.75) is 24.0 Å². The van der Waals surface area contributed by atoms with Crippen LogP contribution < -0.4 is 5.32 Å². The average Bonchev–Trinajstić information content (AvgIpc) is 3.34. The SMILES string of the molecule is O=C(CSc1nnc(-c2c[nH]c3ccccc23)n1C1CC1)Nc1ccccc1F. The van der Waals surface area contributed by atoms with E-state index in [4.69, 9.17) is 0 Å². The molecule has 2 aromatic carbocycles. The summed E-state index contributed by atoms with van der Waals surface area (Å²) in [5.41, 5.74) is 2.23. The summed E-state index contributed by atoms with van der Waals surface area (Å²) in [6, 6.07) is 14.6. The normalized spacial score (nSPS) is 13.7. The van der Waals surface area contributed by atoms with Gasteiger partial charge in [0.05, 0.1) is 11.4 Å². The molecule has 0 saturated heterocycles. The van der Waals surface area contributed by atoms with Crippen LogP contribution in [0.15, 0.2) is 59.9 Å². The zero-order chi connectivity index (χ0) is 19.8. The van der Waals surface area contributed by atoms with Gasteiger partial charge in [-0.05, 0) is 31.0 Å². The van der Waals surface area contributed by atoms with E-state index in [0.717, 1.165) is 35.1 Å². The van der Waals surface area contributed by atoms with E-state index in [9.17, 15) is 9.18 Å².